The smallest absolute Gasteiger partial charge is 0.123 e. The Morgan fingerprint density at radius 3 is 2.57 bits per heavy atom. The van der Waals surface area contributed by atoms with Gasteiger partial charge in [-0.1, -0.05) is 13.3 Å². The molecule has 1 aromatic rings. The Balaban J connectivity index is 2.34. The Morgan fingerprint density at radius 2 is 2.00 bits per heavy atom. The predicted molar refractivity (Wildman–Crippen MR) is 60.0 cm³/mol. The van der Waals surface area contributed by atoms with Crippen LogP contribution in [0.15, 0.2) is 29.2 Å². The molecule has 0 saturated carbocycles. The molecule has 0 unspecified atom stereocenters. The SMILES string of the molecule is CCC[C@H](N)CSc1ccc(F)cc1. The Hall–Kier alpha value is -0.540. The largest absolute Gasteiger partial charge is 0.327 e. The lowest BCUT2D eigenvalue weighted by Crippen LogP contribution is -2.22. The molecule has 78 valence electrons. The predicted octanol–water partition coefficient (Wildman–Crippen LogP) is 3.05. The summed E-state index contributed by atoms with van der Waals surface area (Å²) in [4.78, 5) is 1.08. The van der Waals surface area contributed by atoms with Crippen molar-refractivity contribution in [3.63, 3.8) is 0 Å². The first-order valence-electron chi connectivity index (χ1n) is 4.86. The van der Waals surface area contributed by atoms with Crippen LogP contribution in [0.5, 0.6) is 0 Å². The molecule has 14 heavy (non-hydrogen) atoms. The zero-order valence-electron chi connectivity index (χ0n) is 8.37. The molecule has 1 aromatic carbocycles. The standard InChI is InChI=1S/C11H16FNS/c1-2-3-10(13)8-14-11-6-4-9(12)5-7-11/h4-7,10H,2-3,8,13H2,1H3/t10-/m0/s1. The van der Waals surface area contributed by atoms with Crippen LogP contribution in [0, 0.1) is 5.82 Å². The first-order chi connectivity index (χ1) is 6.72. The summed E-state index contributed by atoms with van der Waals surface area (Å²) in [5, 5.41) is 0. The average Bonchev–Trinajstić information content (AvgIpc) is 2.17. The van der Waals surface area contributed by atoms with E-state index in [0.717, 1.165) is 23.5 Å². The Labute approximate surface area is 88.9 Å². The van der Waals surface area contributed by atoms with Crippen LogP contribution in [-0.4, -0.2) is 11.8 Å². The first-order valence-corrected chi connectivity index (χ1v) is 5.85. The van der Waals surface area contributed by atoms with Crippen LogP contribution < -0.4 is 5.73 Å². The Kier molecular flexibility index (Phi) is 4.98. The second-order valence-corrected chi connectivity index (χ2v) is 4.41. The molecule has 1 atom stereocenters. The van der Waals surface area contributed by atoms with E-state index in [-0.39, 0.29) is 11.9 Å². The van der Waals surface area contributed by atoms with Crippen molar-refractivity contribution in [2.75, 3.05) is 5.75 Å². The summed E-state index contributed by atoms with van der Waals surface area (Å²) >= 11 is 1.69. The maximum atomic E-state index is 12.6. The van der Waals surface area contributed by atoms with Gasteiger partial charge in [0.1, 0.15) is 5.82 Å². The van der Waals surface area contributed by atoms with Crippen LogP contribution in [0.1, 0.15) is 19.8 Å². The molecule has 1 nitrogen and oxygen atoms in total. The van der Waals surface area contributed by atoms with Crippen molar-refractivity contribution in [3.05, 3.63) is 30.1 Å². The van der Waals surface area contributed by atoms with E-state index in [2.05, 4.69) is 6.92 Å². The van der Waals surface area contributed by atoms with E-state index in [1.807, 2.05) is 0 Å². The van der Waals surface area contributed by atoms with Crippen LogP contribution in [0.25, 0.3) is 0 Å². The molecule has 0 heterocycles. The van der Waals surface area contributed by atoms with E-state index in [1.165, 1.54) is 12.1 Å². The molecule has 0 radical (unpaired) electrons. The molecule has 0 aliphatic carbocycles. The summed E-state index contributed by atoms with van der Waals surface area (Å²) in [6.07, 6.45) is 2.17. The van der Waals surface area contributed by atoms with Crippen LogP contribution in [0.4, 0.5) is 4.39 Å². The summed E-state index contributed by atoms with van der Waals surface area (Å²) in [6.45, 7) is 2.13. The third-order valence-electron chi connectivity index (χ3n) is 1.94. The zero-order valence-corrected chi connectivity index (χ0v) is 9.19. The van der Waals surface area contributed by atoms with E-state index in [4.69, 9.17) is 5.73 Å². The van der Waals surface area contributed by atoms with Gasteiger partial charge in [-0.2, -0.15) is 0 Å². The van der Waals surface area contributed by atoms with E-state index < -0.39 is 0 Å². The lowest BCUT2D eigenvalue weighted by molar-refractivity contribution is 0.626. The van der Waals surface area contributed by atoms with Crippen LogP contribution in [0.2, 0.25) is 0 Å². The van der Waals surface area contributed by atoms with Crippen LogP contribution in [-0.2, 0) is 0 Å². The topological polar surface area (TPSA) is 26.0 Å². The molecule has 2 N–H and O–H groups in total. The number of hydrogen-bond acceptors (Lipinski definition) is 2. The summed E-state index contributed by atoms with van der Waals surface area (Å²) in [7, 11) is 0. The van der Waals surface area contributed by atoms with Crippen molar-refractivity contribution in [1.29, 1.82) is 0 Å². The van der Waals surface area contributed by atoms with Gasteiger partial charge >= 0.3 is 0 Å². The minimum atomic E-state index is -0.188. The van der Waals surface area contributed by atoms with Gasteiger partial charge in [-0.25, -0.2) is 4.39 Å². The molecule has 3 heteroatoms. The zero-order chi connectivity index (χ0) is 10.4. The number of thioether (sulfide) groups is 1. The van der Waals surface area contributed by atoms with Crippen molar-refractivity contribution >= 4 is 11.8 Å². The van der Waals surface area contributed by atoms with Gasteiger partial charge in [0, 0.05) is 16.7 Å². The van der Waals surface area contributed by atoms with Gasteiger partial charge in [0.25, 0.3) is 0 Å². The molecular weight excluding hydrogens is 197 g/mol. The van der Waals surface area contributed by atoms with E-state index in [1.54, 1.807) is 23.9 Å². The van der Waals surface area contributed by atoms with E-state index in [0.29, 0.717) is 0 Å². The fourth-order valence-electron chi connectivity index (χ4n) is 1.19. The first kappa shape index (κ1) is 11.5. The van der Waals surface area contributed by atoms with Gasteiger partial charge in [-0.3, -0.25) is 0 Å². The maximum absolute atomic E-state index is 12.6. The average molecular weight is 213 g/mol. The van der Waals surface area contributed by atoms with Crippen molar-refractivity contribution in [2.24, 2.45) is 5.73 Å². The summed E-state index contributed by atoms with van der Waals surface area (Å²) in [5.74, 6) is 0.714. The van der Waals surface area contributed by atoms with Gasteiger partial charge in [0.05, 0.1) is 0 Å². The number of rotatable bonds is 5. The van der Waals surface area contributed by atoms with E-state index in [9.17, 15) is 4.39 Å². The van der Waals surface area contributed by atoms with Gasteiger partial charge in [-0.15, -0.1) is 11.8 Å². The third kappa shape index (κ3) is 4.11. The molecule has 0 bridgehead atoms. The minimum Gasteiger partial charge on any atom is -0.327 e. The summed E-state index contributed by atoms with van der Waals surface area (Å²) in [5.41, 5.74) is 5.87. The fraction of sp³-hybridized carbons (Fsp3) is 0.455. The lowest BCUT2D eigenvalue weighted by Gasteiger charge is -2.09. The Bertz CT molecular complexity index is 260. The third-order valence-corrected chi connectivity index (χ3v) is 3.14. The molecule has 0 amide bonds. The highest BCUT2D eigenvalue weighted by atomic mass is 32.2. The van der Waals surface area contributed by atoms with Crippen LogP contribution >= 0.6 is 11.8 Å². The highest BCUT2D eigenvalue weighted by molar-refractivity contribution is 7.99. The minimum absolute atomic E-state index is 0.188. The molecule has 0 aliphatic heterocycles. The normalized spacial score (nSPS) is 12.8. The number of hydrogen-bond donors (Lipinski definition) is 1. The van der Waals surface area contributed by atoms with Crippen molar-refractivity contribution < 1.29 is 4.39 Å². The molecular formula is C11H16FNS. The van der Waals surface area contributed by atoms with Crippen LogP contribution in [0.3, 0.4) is 0 Å². The van der Waals surface area contributed by atoms with Gasteiger partial charge in [0.2, 0.25) is 0 Å². The highest BCUT2D eigenvalue weighted by Gasteiger charge is 2.02. The summed E-state index contributed by atoms with van der Waals surface area (Å²) < 4.78 is 12.6. The molecule has 0 saturated heterocycles. The van der Waals surface area contributed by atoms with Crippen molar-refractivity contribution in [3.8, 4) is 0 Å². The molecule has 0 aromatic heterocycles. The number of halogens is 1. The highest BCUT2D eigenvalue weighted by Crippen LogP contribution is 2.19. The monoisotopic (exact) mass is 213 g/mol. The number of benzene rings is 1. The van der Waals surface area contributed by atoms with Crippen molar-refractivity contribution in [2.45, 2.75) is 30.7 Å². The van der Waals surface area contributed by atoms with Gasteiger partial charge in [0.15, 0.2) is 0 Å². The second kappa shape index (κ2) is 6.04. The molecule has 0 aliphatic rings. The summed E-state index contributed by atoms with van der Waals surface area (Å²) in [6, 6.07) is 6.79. The second-order valence-electron chi connectivity index (χ2n) is 3.31. The van der Waals surface area contributed by atoms with Crippen molar-refractivity contribution in [1.82, 2.24) is 0 Å². The van der Waals surface area contributed by atoms with Gasteiger partial charge in [-0.05, 0) is 30.7 Å². The number of nitrogens with two attached hydrogens (primary N) is 1. The fourth-order valence-corrected chi connectivity index (χ4v) is 2.09. The molecule has 1 rings (SSSR count). The molecule has 0 spiro atoms. The quantitative estimate of drug-likeness (QED) is 0.761. The van der Waals surface area contributed by atoms with E-state index >= 15 is 0 Å². The maximum Gasteiger partial charge on any atom is 0.123 e. The molecule has 0 fully saturated rings. The van der Waals surface area contributed by atoms with Gasteiger partial charge < -0.3 is 5.73 Å². The Morgan fingerprint density at radius 1 is 1.36 bits per heavy atom. The lowest BCUT2D eigenvalue weighted by atomic mass is 10.2.